The highest BCUT2D eigenvalue weighted by atomic mass is 16.6. The molecule has 0 unspecified atom stereocenters. The average Bonchev–Trinajstić information content (AvgIpc) is 2.73. The fraction of sp³-hybridized carbons (Fsp3) is 0.190. The first-order valence-corrected chi connectivity index (χ1v) is 9.21. The Morgan fingerprint density at radius 1 is 0.897 bits per heavy atom. The molecule has 0 bridgehead atoms. The first kappa shape index (κ1) is 19.9. The van der Waals surface area contributed by atoms with Gasteiger partial charge in [0.15, 0.2) is 0 Å². The topological polar surface area (TPSA) is 111 Å². The van der Waals surface area contributed by atoms with Gasteiger partial charge in [-0.25, -0.2) is 0 Å². The fourth-order valence-corrected chi connectivity index (χ4v) is 3.11. The van der Waals surface area contributed by atoms with Crippen LogP contribution in [0, 0.1) is 20.2 Å². The number of rotatable bonds is 7. The Morgan fingerprint density at radius 2 is 1.62 bits per heavy atom. The first-order chi connectivity index (χ1) is 14.0. The van der Waals surface area contributed by atoms with E-state index in [-0.39, 0.29) is 11.4 Å². The number of nitrogens with zero attached hydrogens (tertiary/aromatic N) is 3. The lowest BCUT2D eigenvalue weighted by Crippen LogP contribution is -2.02. The zero-order valence-electron chi connectivity index (χ0n) is 15.7. The molecular formula is C21H20N4O4. The van der Waals surface area contributed by atoms with Crippen LogP contribution >= 0.6 is 0 Å². The van der Waals surface area contributed by atoms with E-state index in [1.807, 2.05) is 30.3 Å². The Labute approximate surface area is 167 Å². The summed E-state index contributed by atoms with van der Waals surface area (Å²) in [6.45, 7) is 0. The van der Waals surface area contributed by atoms with Crippen LogP contribution in [0.1, 0.15) is 31.2 Å². The molecule has 8 heteroatoms. The molecule has 0 amide bonds. The number of nitrogens with one attached hydrogen (secondary N) is 1. The third kappa shape index (κ3) is 5.35. The molecule has 29 heavy (non-hydrogen) atoms. The van der Waals surface area contributed by atoms with Crippen molar-refractivity contribution in [2.45, 2.75) is 25.7 Å². The Hall–Kier alpha value is -3.81. The predicted octanol–water partition coefficient (Wildman–Crippen LogP) is 5.48. The molecule has 0 spiro atoms. The van der Waals surface area contributed by atoms with E-state index < -0.39 is 15.5 Å². The van der Waals surface area contributed by atoms with Crippen LogP contribution < -0.4 is 5.43 Å². The Morgan fingerprint density at radius 3 is 2.31 bits per heavy atom. The summed E-state index contributed by atoms with van der Waals surface area (Å²) in [5, 5.41) is 26.2. The van der Waals surface area contributed by atoms with Crippen molar-refractivity contribution in [2.24, 2.45) is 5.10 Å². The molecule has 0 aliphatic heterocycles. The van der Waals surface area contributed by atoms with Crippen molar-refractivity contribution in [1.82, 2.24) is 0 Å². The monoisotopic (exact) mass is 392 g/mol. The second-order valence-electron chi connectivity index (χ2n) is 6.59. The van der Waals surface area contributed by atoms with E-state index in [9.17, 15) is 20.2 Å². The van der Waals surface area contributed by atoms with Crippen molar-refractivity contribution in [3.05, 3.63) is 91.5 Å². The van der Waals surface area contributed by atoms with E-state index in [1.54, 1.807) is 6.21 Å². The highest BCUT2D eigenvalue weighted by Gasteiger charge is 2.19. The smallest absolute Gasteiger partial charge is 0.272 e. The van der Waals surface area contributed by atoms with Crippen molar-refractivity contribution in [3.8, 4) is 0 Å². The number of hydrogen-bond donors (Lipinski definition) is 1. The van der Waals surface area contributed by atoms with Crippen LogP contribution in [0.4, 0.5) is 17.1 Å². The third-order valence-corrected chi connectivity index (χ3v) is 4.63. The van der Waals surface area contributed by atoms with Crippen molar-refractivity contribution in [3.63, 3.8) is 0 Å². The standard InChI is InChI=1S/C21H20N4O4/c26-24(27)19-12-13-20(21(14-19)25(28)29)23-22-15-18-9-5-4-8-17(18)11-10-16-6-2-1-3-7-16/h1-3,6-7,10-15,23H,4-5,8-9H2/b11-10+,22-15+. The molecule has 1 N–H and O–H groups in total. The zero-order valence-corrected chi connectivity index (χ0v) is 15.7. The van der Waals surface area contributed by atoms with E-state index in [4.69, 9.17) is 0 Å². The SMILES string of the molecule is O=[N+]([O-])c1ccc(N/N=C/C2=C(/C=C/c3ccccc3)CCCC2)c([N+](=O)[O-])c1. The van der Waals surface area contributed by atoms with Gasteiger partial charge in [0.2, 0.25) is 0 Å². The average molecular weight is 392 g/mol. The van der Waals surface area contributed by atoms with Gasteiger partial charge in [-0.2, -0.15) is 5.10 Å². The Bertz CT molecular complexity index is 997. The summed E-state index contributed by atoms with van der Waals surface area (Å²) in [7, 11) is 0. The van der Waals surface area contributed by atoms with Gasteiger partial charge in [-0.15, -0.1) is 0 Å². The molecule has 0 aromatic heterocycles. The van der Waals surface area contributed by atoms with E-state index >= 15 is 0 Å². The molecule has 0 heterocycles. The van der Waals surface area contributed by atoms with Crippen LogP contribution in [0.5, 0.6) is 0 Å². The molecule has 2 aromatic carbocycles. The fourth-order valence-electron chi connectivity index (χ4n) is 3.11. The second-order valence-corrected chi connectivity index (χ2v) is 6.59. The van der Waals surface area contributed by atoms with Crippen LogP contribution in [0.3, 0.4) is 0 Å². The van der Waals surface area contributed by atoms with Gasteiger partial charge in [0.05, 0.1) is 22.1 Å². The minimum atomic E-state index is -0.668. The molecule has 0 radical (unpaired) electrons. The van der Waals surface area contributed by atoms with Crippen molar-refractivity contribution >= 4 is 29.4 Å². The molecule has 1 aliphatic carbocycles. The lowest BCUT2D eigenvalue weighted by molar-refractivity contribution is -0.393. The number of non-ortho nitro benzene ring substituents is 1. The van der Waals surface area contributed by atoms with Crippen LogP contribution in [0.25, 0.3) is 6.08 Å². The van der Waals surface area contributed by atoms with Gasteiger partial charge >= 0.3 is 5.69 Å². The van der Waals surface area contributed by atoms with E-state index in [1.165, 1.54) is 17.7 Å². The van der Waals surface area contributed by atoms with Gasteiger partial charge in [-0.1, -0.05) is 42.5 Å². The maximum absolute atomic E-state index is 11.2. The summed E-state index contributed by atoms with van der Waals surface area (Å²) < 4.78 is 0. The number of nitro benzene ring substituents is 2. The summed E-state index contributed by atoms with van der Waals surface area (Å²) in [6.07, 6.45) is 9.81. The van der Waals surface area contributed by atoms with Crippen LogP contribution in [-0.2, 0) is 0 Å². The van der Waals surface area contributed by atoms with Crippen LogP contribution in [-0.4, -0.2) is 16.1 Å². The Balaban J connectivity index is 1.79. The van der Waals surface area contributed by atoms with Crippen LogP contribution in [0.15, 0.2) is 70.9 Å². The van der Waals surface area contributed by atoms with E-state index in [2.05, 4.69) is 22.7 Å². The molecule has 0 saturated carbocycles. The molecule has 2 aromatic rings. The van der Waals surface area contributed by atoms with Crippen LogP contribution in [0.2, 0.25) is 0 Å². The van der Waals surface area contributed by atoms with Gasteiger partial charge in [0, 0.05) is 6.07 Å². The molecule has 0 saturated heterocycles. The minimum Gasteiger partial charge on any atom is -0.272 e. The second kappa shape index (κ2) is 9.41. The summed E-state index contributed by atoms with van der Waals surface area (Å²) >= 11 is 0. The number of anilines is 1. The third-order valence-electron chi connectivity index (χ3n) is 4.63. The van der Waals surface area contributed by atoms with Gasteiger partial charge in [-0.05, 0) is 48.5 Å². The summed E-state index contributed by atoms with van der Waals surface area (Å²) in [5.41, 5.74) is 5.39. The maximum Gasteiger partial charge on any atom is 0.301 e. The number of hydrazone groups is 1. The van der Waals surface area contributed by atoms with E-state index in [0.717, 1.165) is 42.9 Å². The van der Waals surface area contributed by atoms with E-state index in [0.29, 0.717) is 0 Å². The largest absolute Gasteiger partial charge is 0.301 e. The molecule has 0 atom stereocenters. The number of nitro groups is 2. The number of hydrogen-bond acceptors (Lipinski definition) is 6. The summed E-state index contributed by atoms with van der Waals surface area (Å²) in [6, 6.07) is 13.4. The maximum atomic E-state index is 11.2. The zero-order chi connectivity index (χ0) is 20.6. The summed E-state index contributed by atoms with van der Waals surface area (Å²) in [5.74, 6) is 0. The normalized spacial score (nSPS) is 14.5. The van der Waals surface area contributed by atoms with Gasteiger partial charge < -0.3 is 0 Å². The molecule has 148 valence electrons. The number of benzene rings is 2. The highest BCUT2D eigenvalue weighted by Crippen LogP contribution is 2.29. The van der Waals surface area contributed by atoms with Crippen molar-refractivity contribution < 1.29 is 9.85 Å². The van der Waals surface area contributed by atoms with Gasteiger partial charge in [0.1, 0.15) is 5.69 Å². The molecule has 1 aliphatic rings. The summed E-state index contributed by atoms with van der Waals surface area (Å²) in [4.78, 5) is 20.7. The quantitative estimate of drug-likeness (QED) is 0.381. The number of allylic oxidation sites excluding steroid dienone is 3. The lowest BCUT2D eigenvalue weighted by atomic mass is 9.92. The molecule has 0 fully saturated rings. The van der Waals surface area contributed by atoms with Gasteiger partial charge in [-0.3, -0.25) is 25.7 Å². The molecular weight excluding hydrogens is 372 g/mol. The first-order valence-electron chi connectivity index (χ1n) is 9.21. The molecule has 8 nitrogen and oxygen atoms in total. The van der Waals surface area contributed by atoms with Crippen molar-refractivity contribution in [1.29, 1.82) is 0 Å². The Kier molecular flexibility index (Phi) is 6.47. The molecule has 3 rings (SSSR count). The van der Waals surface area contributed by atoms with Gasteiger partial charge in [0.25, 0.3) is 5.69 Å². The minimum absolute atomic E-state index is 0.106. The highest BCUT2D eigenvalue weighted by molar-refractivity contribution is 5.82. The predicted molar refractivity (Wildman–Crippen MR) is 113 cm³/mol. The lowest BCUT2D eigenvalue weighted by Gasteiger charge is -2.15. The van der Waals surface area contributed by atoms with Crippen molar-refractivity contribution in [2.75, 3.05) is 5.43 Å².